The van der Waals surface area contributed by atoms with Crippen molar-refractivity contribution in [1.29, 1.82) is 5.26 Å². The van der Waals surface area contributed by atoms with Gasteiger partial charge in [-0.15, -0.1) is 11.3 Å². The molecule has 0 unspecified atom stereocenters. The second-order valence-electron chi connectivity index (χ2n) is 4.20. The number of carbonyl (C=O) groups is 1. The lowest BCUT2D eigenvalue weighted by atomic mass is 10.2. The number of ether oxygens (including phenoxy) is 1. The number of rotatable bonds is 2. The van der Waals surface area contributed by atoms with Gasteiger partial charge in [0, 0.05) is 6.20 Å². The first kappa shape index (κ1) is 13.8. The lowest BCUT2D eigenvalue weighted by Gasteiger charge is -2.28. The van der Waals surface area contributed by atoms with E-state index < -0.39 is 5.97 Å². The molecule has 3 heterocycles. The van der Waals surface area contributed by atoms with E-state index in [-0.39, 0.29) is 0 Å². The number of allylic oxidation sites excluding steroid dienone is 4. The summed E-state index contributed by atoms with van der Waals surface area (Å²) < 4.78 is 5.86. The minimum Gasteiger partial charge on any atom is -0.462 e. The van der Waals surface area contributed by atoms with E-state index >= 15 is 0 Å². The summed E-state index contributed by atoms with van der Waals surface area (Å²) in [6, 6.07) is 2.19. The van der Waals surface area contributed by atoms with Crippen LogP contribution in [0.4, 0.5) is 11.4 Å². The Morgan fingerprint density at radius 3 is 3.05 bits per heavy atom. The monoisotopic (exact) mass is 317 g/mol. The standard InChI is InChI=1S/C14H11N3O2S2/c1-2-19-13(18)12-10(16)11-14(21-12)20-9(7-15)8-5-3-4-6-17(8)11/h3-6H,2,16H2,1H3. The van der Waals surface area contributed by atoms with Crippen molar-refractivity contribution in [3.05, 3.63) is 39.9 Å². The van der Waals surface area contributed by atoms with Crippen LogP contribution in [0.5, 0.6) is 0 Å². The average molecular weight is 317 g/mol. The summed E-state index contributed by atoms with van der Waals surface area (Å²) >= 11 is 2.60. The van der Waals surface area contributed by atoms with Gasteiger partial charge in [0.25, 0.3) is 0 Å². The first-order valence-electron chi connectivity index (χ1n) is 6.23. The van der Waals surface area contributed by atoms with Crippen molar-refractivity contribution in [3.8, 4) is 6.07 Å². The predicted octanol–water partition coefficient (Wildman–Crippen LogP) is 3.24. The molecule has 0 saturated heterocycles. The minimum absolute atomic E-state index is 0.299. The summed E-state index contributed by atoms with van der Waals surface area (Å²) in [6.07, 6.45) is 7.42. The number of thiophene rings is 1. The quantitative estimate of drug-likeness (QED) is 0.844. The fraction of sp³-hybridized carbons (Fsp3) is 0.143. The minimum atomic E-state index is -0.424. The molecular weight excluding hydrogens is 306 g/mol. The van der Waals surface area contributed by atoms with Crippen LogP contribution in [0.15, 0.2) is 39.2 Å². The SMILES string of the molecule is CCOC(=O)c1sc2c(c1N)N1C=CC=CC1=C(C#N)S2. The average Bonchev–Trinajstić information content (AvgIpc) is 2.84. The molecule has 0 aromatic carbocycles. The summed E-state index contributed by atoms with van der Waals surface area (Å²) in [4.78, 5) is 14.8. The van der Waals surface area contributed by atoms with Crippen LogP contribution in [-0.4, -0.2) is 12.6 Å². The van der Waals surface area contributed by atoms with Gasteiger partial charge in [0.15, 0.2) is 0 Å². The molecule has 0 atom stereocenters. The Bertz CT molecular complexity index is 753. The van der Waals surface area contributed by atoms with E-state index in [1.807, 2.05) is 29.3 Å². The van der Waals surface area contributed by atoms with Crippen molar-refractivity contribution in [1.82, 2.24) is 0 Å². The molecule has 2 aliphatic heterocycles. The molecule has 0 amide bonds. The largest absolute Gasteiger partial charge is 0.462 e. The maximum atomic E-state index is 12.0. The Hall–Kier alpha value is -2.17. The van der Waals surface area contributed by atoms with Gasteiger partial charge in [0.05, 0.1) is 27.9 Å². The van der Waals surface area contributed by atoms with E-state index in [4.69, 9.17) is 10.5 Å². The summed E-state index contributed by atoms with van der Waals surface area (Å²) in [5.41, 5.74) is 8.07. The molecule has 3 rings (SSSR count). The van der Waals surface area contributed by atoms with Crippen molar-refractivity contribution >= 4 is 40.4 Å². The van der Waals surface area contributed by atoms with E-state index in [0.717, 1.165) is 15.6 Å². The zero-order chi connectivity index (χ0) is 15.0. The second kappa shape index (κ2) is 5.31. The van der Waals surface area contributed by atoms with Gasteiger partial charge in [0.1, 0.15) is 15.9 Å². The third-order valence-corrected chi connectivity index (χ3v) is 5.33. The highest BCUT2D eigenvalue weighted by Crippen LogP contribution is 2.53. The summed E-state index contributed by atoms with van der Waals surface area (Å²) in [7, 11) is 0. The van der Waals surface area contributed by atoms with E-state index in [1.54, 1.807) is 6.92 Å². The van der Waals surface area contributed by atoms with Crippen molar-refractivity contribution < 1.29 is 9.53 Å². The van der Waals surface area contributed by atoms with Gasteiger partial charge in [-0.05, 0) is 19.1 Å². The van der Waals surface area contributed by atoms with Crippen molar-refractivity contribution in [3.63, 3.8) is 0 Å². The summed E-state index contributed by atoms with van der Waals surface area (Å²) in [6.45, 7) is 2.05. The number of thioether (sulfide) groups is 1. The molecule has 0 fully saturated rings. The smallest absolute Gasteiger partial charge is 0.350 e. The Morgan fingerprint density at radius 2 is 2.33 bits per heavy atom. The Labute approximate surface area is 130 Å². The van der Waals surface area contributed by atoms with Crippen LogP contribution in [0, 0.1) is 11.3 Å². The lowest BCUT2D eigenvalue weighted by molar-refractivity contribution is 0.0533. The zero-order valence-corrected chi connectivity index (χ0v) is 12.8. The van der Waals surface area contributed by atoms with Crippen molar-refractivity contribution in [2.45, 2.75) is 11.1 Å². The molecule has 0 spiro atoms. The first-order chi connectivity index (χ1) is 10.2. The van der Waals surface area contributed by atoms with E-state index in [1.165, 1.54) is 23.1 Å². The Balaban J connectivity index is 2.12. The van der Waals surface area contributed by atoms with E-state index in [9.17, 15) is 10.1 Å². The predicted molar refractivity (Wildman–Crippen MR) is 83.9 cm³/mol. The number of hydrogen-bond acceptors (Lipinski definition) is 7. The van der Waals surface area contributed by atoms with Gasteiger partial charge in [0.2, 0.25) is 0 Å². The molecule has 106 valence electrons. The highest BCUT2D eigenvalue weighted by atomic mass is 32.2. The van der Waals surface area contributed by atoms with Crippen LogP contribution in [0.25, 0.3) is 0 Å². The van der Waals surface area contributed by atoms with Gasteiger partial charge in [-0.1, -0.05) is 17.8 Å². The third kappa shape index (κ3) is 2.13. The third-order valence-electron chi connectivity index (χ3n) is 2.98. The fourth-order valence-electron chi connectivity index (χ4n) is 2.11. The number of hydrogen-bond donors (Lipinski definition) is 1. The Morgan fingerprint density at radius 1 is 1.52 bits per heavy atom. The van der Waals surface area contributed by atoms with Crippen LogP contribution < -0.4 is 10.6 Å². The molecule has 21 heavy (non-hydrogen) atoms. The maximum Gasteiger partial charge on any atom is 0.350 e. The molecule has 0 saturated carbocycles. The molecular formula is C14H11N3O2S2. The van der Waals surface area contributed by atoms with Crippen LogP contribution in [0.1, 0.15) is 16.6 Å². The number of carbonyl (C=O) groups excluding carboxylic acids is 1. The number of esters is 1. The molecule has 0 radical (unpaired) electrons. The highest BCUT2D eigenvalue weighted by Gasteiger charge is 2.32. The van der Waals surface area contributed by atoms with Gasteiger partial charge in [-0.25, -0.2) is 4.79 Å². The second-order valence-corrected chi connectivity index (χ2v) is 6.50. The summed E-state index contributed by atoms with van der Waals surface area (Å²) in [5, 5.41) is 9.29. The molecule has 1 aromatic heterocycles. The number of anilines is 2. The first-order valence-corrected chi connectivity index (χ1v) is 7.86. The van der Waals surface area contributed by atoms with Gasteiger partial charge in [-0.2, -0.15) is 5.26 Å². The number of nitrogen functional groups attached to an aromatic ring is 1. The number of fused-ring (bicyclic) bond motifs is 3. The topological polar surface area (TPSA) is 79.3 Å². The normalized spacial score (nSPS) is 15.5. The number of nitrogens with zero attached hydrogens (tertiary/aromatic N) is 2. The summed E-state index contributed by atoms with van der Waals surface area (Å²) in [5.74, 6) is -0.424. The molecule has 0 bridgehead atoms. The highest BCUT2D eigenvalue weighted by molar-refractivity contribution is 8.05. The Kier molecular flexibility index (Phi) is 3.49. The molecule has 5 nitrogen and oxygen atoms in total. The van der Waals surface area contributed by atoms with Crippen molar-refractivity contribution in [2.75, 3.05) is 17.2 Å². The molecule has 2 aliphatic rings. The van der Waals surface area contributed by atoms with E-state index in [0.29, 0.717) is 22.1 Å². The number of nitriles is 1. The molecule has 2 N–H and O–H groups in total. The van der Waals surface area contributed by atoms with Gasteiger partial charge < -0.3 is 15.4 Å². The zero-order valence-electron chi connectivity index (χ0n) is 11.1. The molecule has 1 aromatic rings. The van der Waals surface area contributed by atoms with Crippen LogP contribution >= 0.6 is 23.1 Å². The van der Waals surface area contributed by atoms with Crippen LogP contribution in [0.3, 0.4) is 0 Å². The van der Waals surface area contributed by atoms with Crippen LogP contribution in [0.2, 0.25) is 0 Å². The number of nitrogens with two attached hydrogens (primary N) is 1. The van der Waals surface area contributed by atoms with E-state index in [2.05, 4.69) is 6.07 Å². The maximum absolute atomic E-state index is 12.0. The van der Waals surface area contributed by atoms with Gasteiger partial charge in [-0.3, -0.25) is 0 Å². The fourth-order valence-corrected chi connectivity index (χ4v) is 4.42. The molecule has 7 heteroatoms. The van der Waals surface area contributed by atoms with Crippen LogP contribution in [-0.2, 0) is 4.74 Å². The lowest BCUT2D eigenvalue weighted by Crippen LogP contribution is -2.20. The molecule has 0 aliphatic carbocycles. The van der Waals surface area contributed by atoms with Crippen molar-refractivity contribution in [2.24, 2.45) is 0 Å². The van der Waals surface area contributed by atoms with Gasteiger partial charge >= 0.3 is 5.97 Å².